The number of methoxy groups -OCH3 is 1. The summed E-state index contributed by atoms with van der Waals surface area (Å²) < 4.78 is 4.84. The molecule has 22 heavy (non-hydrogen) atoms. The predicted octanol–water partition coefficient (Wildman–Crippen LogP) is 3.89. The maximum Gasteiger partial charge on any atom is 0.308 e. The lowest BCUT2D eigenvalue weighted by molar-refractivity contribution is -0.147. The molecule has 0 radical (unpaired) electrons. The molecule has 3 nitrogen and oxygen atoms in total. The molecule has 0 aromatic heterocycles. The molecule has 0 amide bonds. The first kappa shape index (κ1) is 17.3. The summed E-state index contributed by atoms with van der Waals surface area (Å²) in [6.45, 7) is 7.57. The van der Waals surface area contributed by atoms with E-state index in [9.17, 15) is 4.79 Å². The van der Waals surface area contributed by atoms with Gasteiger partial charge in [-0.15, -0.1) is 0 Å². The summed E-state index contributed by atoms with van der Waals surface area (Å²) >= 11 is 5.97. The molecule has 4 heteroatoms. The summed E-state index contributed by atoms with van der Waals surface area (Å²) in [4.78, 5) is 14.0. The Labute approximate surface area is 138 Å². The highest BCUT2D eigenvalue weighted by Crippen LogP contribution is 2.29. The zero-order valence-electron chi connectivity index (χ0n) is 13.8. The van der Waals surface area contributed by atoms with Crippen LogP contribution in [0.25, 0.3) is 0 Å². The van der Waals surface area contributed by atoms with E-state index >= 15 is 0 Å². The van der Waals surface area contributed by atoms with Gasteiger partial charge in [0.15, 0.2) is 0 Å². The number of likely N-dealkylation sites (tertiary alicyclic amines) is 1. The third-order valence-corrected chi connectivity index (χ3v) is 5.05. The summed E-state index contributed by atoms with van der Waals surface area (Å²) in [6, 6.07) is 8.15. The zero-order chi connectivity index (χ0) is 16.2. The molecule has 1 aromatic rings. The first-order valence-electron chi connectivity index (χ1n) is 7.98. The molecule has 0 atom stereocenters. The van der Waals surface area contributed by atoms with E-state index in [-0.39, 0.29) is 17.3 Å². The molecule has 0 bridgehead atoms. The highest BCUT2D eigenvalue weighted by molar-refractivity contribution is 6.30. The van der Waals surface area contributed by atoms with Crippen molar-refractivity contribution in [2.24, 2.45) is 5.92 Å². The topological polar surface area (TPSA) is 29.5 Å². The maximum absolute atomic E-state index is 11.6. The van der Waals surface area contributed by atoms with Crippen molar-refractivity contribution in [1.82, 2.24) is 4.90 Å². The number of ether oxygens (including phenoxy) is 1. The molecule has 1 heterocycles. The van der Waals surface area contributed by atoms with E-state index < -0.39 is 0 Å². The Hall–Kier alpha value is -1.06. The Morgan fingerprint density at radius 1 is 1.27 bits per heavy atom. The van der Waals surface area contributed by atoms with Gasteiger partial charge in [-0.2, -0.15) is 0 Å². The van der Waals surface area contributed by atoms with Gasteiger partial charge < -0.3 is 9.64 Å². The number of hydrogen-bond acceptors (Lipinski definition) is 3. The van der Waals surface area contributed by atoms with E-state index in [4.69, 9.17) is 16.3 Å². The molecule has 2 rings (SSSR count). The van der Waals surface area contributed by atoms with Crippen molar-refractivity contribution in [1.29, 1.82) is 0 Å². The molecular formula is C18H26ClNO2. The third-order valence-electron chi connectivity index (χ3n) is 4.80. The third kappa shape index (κ3) is 4.47. The van der Waals surface area contributed by atoms with Crippen molar-refractivity contribution >= 4 is 17.6 Å². The quantitative estimate of drug-likeness (QED) is 0.770. The molecule has 0 N–H and O–H groups in total. The number of piperidine rings is 1. The van der Waals surface area contributed by atoms with Gasteiger partial charge in [-0.05, 0) is 62.0 Å². The van der Waals surface area contributed by atoms with Gasteiger partial charge in [0, 0.05) is 5.02 Å². The van der Waals surface area contributed by atoms with Crippen LogP contribution in [0, 0.1) is 5.92 Å². The van der Waals surface area contributed by atoms with Gasteiger partial charge >= 0.3 is 5.97 Å². The molecule has 1 aliphatic rings. The average Bonchev–Trinajstić information content (AvgIpc) is 2.53. The molecule has 1 fully saturated rings. The second-order valence-electron chi connectivity index (χ2n) is 6.78. The standard InChI is InChI=1S/C18H26ClNO2/c1-18(2,15-4-6-16(19)7-5-15)10-13-20-11-8-14(9-12-20)17(21)22-3/h4-7,14H,8-13H2,1-3H3. The molecular weight excluding hydrogens is 298 g/mol. The van der Waals surface area contributed by atoms with Gasteiger partial charge in [0.05, 0.1) is 13.0 Å². The van der Waals surface area contributed by atoms with Crippen LogP contribution in [0.3, 0.4) is 0 Å². The van der Waals surface area contributed by atoms with Crippen molar-refractivity contribution < 1.29 is 9.53 Å². The number of benzene rings is 1. The van der Waals surface area contributed by atoms with Crippen LogP contribution in [0.2, 0.25) is 5.02 Å². The number of carbonyl (C=O) groups excluding carboxylic acids is 1. The van der Waals surface area contributed by atoms with Gasteiger partial charge in [-0.3, -0.25) is 4.79 Å². The largest absolute Gasteiger partial charge is 0.469 e. The van der Waals surface area contributed by atoms with Crippen LogP contribution in [-0.4, -0.2) is 37.6 Å². The van der Waals surface area contributed by atoms with Crippen molar-refractivity contribution in [3.05, 3.63) is 34.9 Å². The Morgan fingerprint density at radius 2 is 1.86 bits per heavy atom. The average molecular weight is 324 g/mol. The fourth-order valence-corrected chi connectivity index (χ4v) is 3.17. The minimum absolute atomic E-state index is 0.0545. The lowest BCUT2D eigenvalue weighted by atomic mass is 9.81. The number of esters is 1. The van der Waals surface area contributed by atoms with E-state index in [1.54, 1.807) is 0 Å². The summed E-state index contributed by atoms with van der Waals surface area (Å²) in [7, 11) is 1.48. The van der Waals surface area contributed by atoms with Crippen molar-refractivity contribution in [2.45, 2.75) is 38.5 Å². The van der Waals surface area contributed by atoms with Gasteiger partial charge in [0.25, 0.3) is 0 Å². The minimum atomic E-state index is -0.0545. The number of carbonyl (C=O) groups is 1. The molecule has 0 unspecified atom stereocenters. The van der Waals surface area contributed by atoms with Crippen LogP contribution in [-0.2, 0) is 14.9 Å². The van der Waals surface area contributed by atoms with Gasteiger partial charge in [0.2, 0.25) is 0 Å². The first-order chi connectivity index (χ1) is 10.4. The van der Waals surface area contributed by atoms with Crippen molar-refractivity contribution in [3.8, 4) is 0 Å². The summed E-state index contributed by atoms with van der Waals surface area (Å²) in [5.74, 6) is 0.0340. The molecule has 0 saturated carbocycles. The molecule has 0 spiro atoms. The number of nitrogens with zero attached hydrogens (tertiary/aromatic N) is 1. The smallest absolute Gasteiger partial charge is 0.308 e. The van der Waals surface area contributed by atoms with Crippen LogP contribution in [0.15, 0.2) is 24.3 Å². The number of halogens is 1. The Morgan fingerprint density at radius 3 is 2.41 bits per heavy atom. The summed E-state index contributed by atoms with van der Waals surface area (Å²) in [5, 5.41) is 0.782. The van der Waals surface area contributed by atoms with Crippen molar-refractivity contribution in [3.63, 3.8) is 0 Å². The second kappa shape index (κ2) is 7.47. The summed E-state index contributed by atoms with van der Waals surface area (Å²) in [5.41, 5.74) is 1.45. The summed E-state index contributed by atoms with van der Waals surface area (Å²) in [6.07, 6.45) is 2.92. The van der Waals surface area contributed by atoms with Gasteiger partial charge in [0.1, 0.15) is 0 Å². The Bertz CT molecular complexity index is 490. The van der Waals surface area contributed by atoms with E-state index in [0.29, 0.717) is 0 Å². The molecule has 122 valence electrons. The number of rotatable bonds is 5. The highest BCUT2D eigenvalue weighted by Gasteiger charge is 2.27. The molecule has 1 saturated heterocycles. The lowest BCUT2D eigenvalue weighted by Gasteiger charge is -2.34. The van der Waals surface area contributed by atoms with E-state index in [1.807, 2.05) is 12.1 Å². The van der Waals surface area contributed by atoms with Crippen LogP contribution in [0.5, 0.6) is 0 Å². The minimum Gasteiger partial charge on any atom is -0.469 e. The van der Waals surface area contributed by atoms with Crippen LogP contribution >= 0.6 is 11.6 Å². The van der Waals surface area contributed by atoms with Gasteiger partial charge in [-0.1, -0.05) is 37.6 Å². The fourth-order valence-electron chi connectivity index (χ4n) is 3.04. The zero-order valence-corrected chi connectivity index (χ0v) is 14.5. The normalized spacial score (nSPS) is 17.5. The van der Waals surface area contributed by atoms with Crippen molar-refractivity contribution in [2.75, 3.05) is 26.7 Å². The van der Waals surface area contributed by atoms with E-state index in [0.717, 1.165) is 43.9 Å². The van der Waals surface area contributed by atoms with Crippen LogP contribution in [0.1, 0.15) is 38.7 Å². The van der Waals surface area contributed by atoms with Crippen LogP contribution in [0.4, 0.5) is 0 Å². The number of hydrogen-bond donors (Lipinski definition) is 0. The monoisotopic (exact) mass is 323 g/mol. The fraction of sp³-hybridized carbons (Fsp3) is 0.611. The Kier molecular flexibility index (Phi) is 5.87. The Balaban J connectivity index is 1.83. The highest BCUT2D eigenvalue weighted by atomic mass is 35.5. The molecule has 1 aliphatic heterocycles. The molecule has 1 aromatic carbocycles. The maximum atomic E-state index is 11.6. The first-order valence-corrected chi connectivity index (χ1v) is 8.36. The second-order valence-corrected chi connectivity index (χ2v) is 7.22. The van der Waals surface area contributed by atoms with E-state index in [2.05, 4.69) is 30.9 Å². The SMILES string of the molecule is COC(=O)C1CCN(CCC(C)(C)c2ccc(Cl)cc2)CC1. The predicted molar refractivity (Wildman–Crippen MR) is 90.3 cm³/mol. The van der Waals surface area contributed by atoms with Gasteiger partial charge in [-0.25, -0.2) is 0 Å². The molecule has 0 aliphatic carbocycles. The van der Waals surface area contributed by atoms with E-state index in [1.165, 1.54) is 12.7 Å². The van der Waals surface area contributed by atoms with Crippen LogP contribution < -0.4 is 0 Å². The lowest BCUT2D eigenvalue weighted by Crippen LogP contribution is -2.38.